The minimum absolute atomic E-state index is 0.0696. The van der Waals surface area contributed by atoms with E-state index in [0.717, 1.165) is 11.1 Å². The van der Waals surface area contributed by atoms with Gasteiger partial charge < -0.3 is 4.74 Å². The van der Waals surface area contributed by atoms with E-state index in [1.165, 1.54) is 19.2 Å². The molecule has 0 unspecified atom stereocenters. The third-order valence-corrected chi connectivity index (χ3v) is 5.07. The Bertz CT molecular complexity index is 1060. The van der Waals surface area contributed by atoms with Crippen LogP contribution in [0, 0.1) is 6.92 Å². The van der Waals surface area contributed by atoms with Gasteiger partial charge in [0.25, 0.3) is 15.9 Å². The van der Waals surface area contributed by atoms with Crippen molar-refractivity contribution in [2.24, 2.45) is 0 Å². The van der Waals surface area contributed by atoms with Gasteiger partial charge in [-0.05, 0) is 30.7 Å². The first-order chi connectivity index (χ1) is 12.9. The number of benzene rings is 2. The Morgan fingerprint density at radius 1 is 1.11 bits per heavy atom. The molecule has 3 aromatic rings. The van der Waals surface area contributed by atoms with Crippen LogP contribution in [0.5, 0.6) is 5.75 Å². The first-order valence-electron chi connectivity index (χ1n) is 7.98. The quantitative estimate of drug-likeness (QED) is 0.561. The van der Waals surface area contributed by atoms with Crippen LogP contribution in [0.15, 0.2) is 59.5 Å². The normalized spacial score (nSPS) is 11.2. The zero-order valence-electron chi connectivity index (χ0n) is 14.7. The second-order valence-corrected chi connectivity index (χ2v) is 7.40. The number of methoxy groups -OCH3 is 1. The fraction of sp³-hybridized carbons (Fsp3) is 0.111. The highest BCUT2D eigenvalue weighted by Crippen LogP contribution is 2.24. The van der Waals surface area contributed by atoms with E-state index in [2.05, 4.69) is 20.5 Å². The molecule has 0 aliphatic carbocycles. The molecular weight excluding hydrogens is 368 g/mol. The number of sulfonamides is 1. The molecule has 9 heteroatoms. The summed E-state index contributed by atoms with van der Waals surface area (Å²) < 4.78 is 30.1. The topological polar surface area (TPSA) is 113 Å². The number of carbonyl (C=O) groups excluding carboxylic acids is 1. The molecule has 0 saturated carbocycles. The van der Waals surface area contributed by atoms with Crippen molar-refractivity contribution >= 4 is 15.9 Å². The summed E-state index contributed by atoms with van der Waals surface area (Å²) in [6.45, 7) is 1.76. The van der Waals surface area contributed by atoms with Gasteiger partial charge in [-0.1, -0.05) is 36.4 Å². The van der Waals surface area contributed by atoms with Crippen molar-refractivity contribution in [3.63, 3.8) is 0 Å². The van der Waals surface area contributed by atoms with Crippen molar-refractivity contribution in [2.45, 2.75) is 11.8 Å². The summed E-state index contributed by atoms with van der Waals surface area (Å²) in [7, 11) is -2.64. The summed E-state index contributed by atoms with van der Waals surface area (Å²) in [5.41, 5.74) is 4.43. The van der Waals surface area contributed by atoms with Gasteiger partial charge in [0.05, 0.1) is 12.8 Å². The zero-order chi connectivity index (χ0) is 19.4. The van der Waals surface area contributed by atoms with E-state index in [-0.39, 0.29) is 16.3 Å². The number of carbonyl (C=O) groups is 1. The first-order valence-corrected chi connectivity index (χ1v) is 9.46. The van der Waals surface area contributed by atoms with Crippen LogP contribution in [-0.2, 0) is 10.0 Å². The van der Waals surface area contributed by atoms with Crippen LogP contribution in [0.3, 0.4) is 0 Å². The van der Waals surface area contributed by atoms with E-state index in [9.17, 15) is 13.2 Å². The van der Waals surface area contributed by atoms with Gasteiger partial charge in [-0.25, -0.2) is 8.42 Å². The van der Waals surface area contributed by atoms with Crippen LogP contribution < -0.4 is 15.0 Å². The summed E-state index contributed by atoms with van der Waals surface area (Å²) >= 11 is 0. The van der Waals surface area contributed by atoms with E-state index in [4.69, 9.17) is 4.74 Å². The molecule has 27 heavy (non-hydrogen) atoms. The number of H-pyrrole nitrogens is 1. The maximum Gasteiger partial charge on any atom is 0.284 e. The number of aryl methyl sites for hydroxylation is 1. The van der Waals surface area contributed by atoms with Gasteiger partial charge in [-0.15, -0.1) is 4.83 Å². The van der Waals surface area contributed by atoms with Crippen LogP contribution in [0.4, 0.5) is 0 Å². The van der Waals surface area contributed by atoms with Gasteiger partial charge >= 0.3 is 0 Å². The summed E-state index contributed by atoms with van der Waals surface area (Å²) in [6, 6.07) is 15.6. The van der Waals surface area contributed by atoms with Gasteiger partial charge in [0.2, 0.25) is 0 Å². The predicted molar refractivity (Wildman–Crippen MR) is 99.5 cm³/mol. The number of hydrogen-bond donors (Lipinski definition) is 3. The predicted octanol–water partition coefficient (Wildman–Crippen LogP) is 2.02. The number of ether oxygens (including phenoxy) is 1. The van der Waals surface area contributed by atoms with Crippen molar-refractivity contribution in [3.05, 3.63) is 65.9 Å². The highest BCUT2D eigenvalue weighted by Gasteiger charge is 2.21. The molecule has 140 valence electrons. The fourth-order valence-corrected chi connectivity index (χ4v) is 3.52. The van der Waals surface area contributed by atoms with Crippen molar-refractivity contribution in [2.75, 3.05) is 7.11 Å². The molecule has 0 spiro atoms. The van der Waals surface area contributed by atoms with Crippen LogP contribution in [0.25, 0.3) is 11.3 Å². The molecular formula is C18H18N4O4S. The number of hydrazine groups is 1. The zero-order valence-corrected chi connectivity index (χ0v) is 15.5. The lowest BCUT2D eigenvalue weighted by molar-refractivity contribution is 0.0940. The van der Waals surface area contributed by atoms with Crippen molar-refractivity contribution in [1.29, 1.82) is 0 Å². The molecule has 0 bridgehead atoms. The summed E-state index contributed by atoms with van der Waals surface area (Å²) in [5, 5.41) is 6.66. The summed E-state index contributed by atoms with van der Waals surface area (Å²) in [6.07, 6.45) is 0. The van der Waals surface area contributed by atoms with Crippen LogP contribution in [0.1, 0.15) is 16.1 Å². The molecule has 1 heterocycles. The largest absolute Gasteiger partial charge is 0.495 e. The molecule has 8 nitrogen and oxygen atoms in total. The van der Waals surface area contributed by atoms with Gasteiger partial charge in [0, 0.05) is 5.56 Å². The molecule has 0 aliphatic heterocycles. The fourth-order valence-electron chi connectivity index (χ4n) is 2.42. The van der Waals surface area contributed by atoms with E-state index in [0.29, 0.717) is 5.69 Å². The van der Waals surface area contributed by atoms with Gasteiger partial charge in [-0.2, -0.15) is 5.10 Å². The number of rotatable bonds is 6. The van der Waals surface area contributed by atoms with Crippen molar-refractivity contribution < 1.29 is 17.9 Å². The Labute approximate surface area is 156 Å². The van der Waals surface area contributed by atoms with E-state index < -0.39 is 15.9 Å². The van der Waals surface area contributed by atoms with E-state index >= 15 is 0 Å². The minimum Gasteiger partial charge on any atom is -0.495 e. The maximum atomic E-state index is 12.5. The third kappa shape index (κ3) is 4.15. The molecule has 0 radical (unpaired) electrons. The first kappa shape index (κ1) is 18.6. The molecule has 0 aliphatic rings. The molecule has 0 saturated heterocycles. The molecule has 3 rings (SSSR count). The number of aromatic amines is 1. The Morgan fingerprint density at radius 2 is 1.85 bits per heavy atom. The number of nitrogens with zero attached hydrogens (tertiary/aromatic N) is 1. The van der Waals surface area contributed by atoms with Gasteiger partial charge in [0.1, 0.15) is 16.3 Å². The molecule has 2 aromatic carbocycles. The molecule has 0 atom stereocenters. The average Bonchev–Trinajstić information content (AvgIpc) is 3.17. The molecule has 0 fully saturated rings. The number of aromatic nitrogens is 2. The standard InChI is InChI=1S/C18H18N4O4S/c1-12-8-9-16(26-2)17(10-12)27(24,25)22-21-18(23)15-11-14(19-20-15)13-6-4-3-5-7-13/h3-11,22H,1-2H3,(H,19,20)(H,21,23). The SMILES string of the molecule is COc1ccc(C)cc1S(=O)(=O)NNC(=O)c1cc(-c2ccccc2)n[nH]1. The minimum atomic E-state index is -4.02. The number of nitrogens with one attached hydrogen (secondary N) is 3. The lowest BCUT2D eigenvalue weighted by Gasteiger charge is -2.11. The van der Waals surface area contributed by atoms with Crippen LogP contribution >= 0.6 is 0 Å². The Hall–Kier alpha value is -3.17. The molecule has 1 aromatic heterocycles. The number of hydrogen-bond acceptors (Lipinski definition) is 5. The second kappa shape index (κ2) is 7.60. The van der Waals surface area contributed by atoms with Gasteiger partial charge in [-0.3, -0.25) is 15.3 Å². The van der Waals surface area contributed by atoms with Crippen LogP contribution in [-0.4, -0.2) is 31.6 Å². The van der Waals surface area contributed by atoms with Gasteiger partial charge in [0.15, 0.2) is 0 Å². The van der Waals surface area contributed by atoms with E-state index in [1.54, 1.807) is 19.1 Å². The van der Waals surface area contributed by atoms with Crippen molar-refractivity contribution in [3.8, 4) is 17.0 Å². The Balaban J connectivity index is 1.74. The average molecular weight is 386 g/mol. The summed E-state index contributed by atoms with van der Waals surface area (Å²) in [4.78, 5) is 14.2. The third-order valence-electron chi connectivity index (χ3n) is 3.80. The number of amides is 1. The maximum absolute atomic E-state index is 12.5. The monoisotopic (exact) mass is 386 g/mol. The van der Waals surface area contributed by atoms with Crippen LogP contribution in [0.2, 0.25) is 0 Å². The second-order valence-electron chi connectivity index (χ2n) is 5.75. The smallest absolute Gasteiger partial charge is 0.284 e. The van der Waals surface area contributed by atoms with E-state index in [1.807, 2.05) is 30.3 Å². The summed E-state index contributed by atoms with van der Waals surface area (Å²) in [5.74, 6) is -0.491. The lowest BCUT2D eigenvalue weighted by Crippen LogP contribution is -2.41. The highest BCUT2D eigenvalue weighted by molar-refractivity contribution is 7.89. The molecule has 1 amide bonds. The molecule has 3 N–H and O–H groups in total. The highest BCUT2D eigenvalue weighted by atomic mass is 32.2. The van der Waals surface area contributed by atoms with Crippen molar-refractivity contribution in [1.82, 2.24) is 20.5 Å². The lowest BCUT2D eigenvalue weighted by atomic mass is 10.1. The Morgan fingerprint density at radius 3 is 2.56 bits per heavy atom. The Kier molecular flexibility index (Phi) is 5.24.